The van der Waals surface area contributed by atoms with Gasteiger partial charge in [-0.1, -0.05) is 36.4 Å². The van der Waals surface area contributed by atoms with Gasteiger partial charge in [-0.15, -0.1) is 11.3 Å². The molecular formula is C22H17N5O2S. The minimum Gasteiger partial charge on any atom is -0.322 e. The fourth-order valence-electron chi connectivity index (χ4n) is 3.34. The summed E-state index contributed by atoms with van der Waals surface area (Å²) in [5.74, 6) is -0.255. The SMILES string of the molecule is O=C(Nc1ccc2[nH]c(=O)[nH]c2c1)c1cn(Cc2ccccc2)nc1-c1cccs1. The Kier molecular flexibility index (Phi) is 4.53. The molecule has 0 aliphatic rings. The summed E-state index contributed by atoms with van der Waals surface area (Å²) in [6.45, 7) is 0.572. The Labute approximate surface area is 175 Å². The zero-order valence-corrected chi connectivity index (χ0v) is 16.6. The first kappa shape index (κ1) is 18.1. The lowest BCUT2D eigenvalue weighted by Crippen LogP contribution is -2.12. The summed E-state index contributed by atoms with van der Waals surface area (Å²) < 4.78 is 1.78. The largest absolute Gasteiger partial charge is 0.323 e. The minimum absolute atomic E-state index is 0.255. The highest BCUT2D eigenvalue weighted by atomic mass is 32.1. The molecule has 0 unspecified atom stereocenters. The first-order valence-corrected chi connectivity index (χ1v) is 10.2. The number of carbonyl (C=O) groups excluding carboxylic acids is 1. The molecular weight excluding hydrogens is 398 g/mol. The van der Waals surface area contributed by atoms with Crippen molar-refractivity contribution < 1.29 is 4.79 Å². The van der Waals surface area contributed by atoms with E-state index in [2.05, 4.69) is 20.4 Å². The maximum Gasteiger partial charge on any atom is 0.323 e. The average Bonchev–Trinajstić information content (AvgIpc) is 3.47. The van der Waals surface area contributed by atoms with Gasteiger partial charge in [-0.25, -0.2) is 4.79 Å². The predicted octanol–water partition coefficient (Wildman–Crippen LogP) is 4.08. The smallest absolute Gasteiger partial charge is 0.322 e. The van der Waals surface area contributed by atoms with Crippen molar-refractivity contribution in [3.63, 3.8) is 0 Å². The fraction of sp³-hybridized carbons (Fsp3) is 0.0455. The second kappa shape index (κ2) is 7.49. The van der Waals surface area contributed by atoms with Gasteiger partial charge in [0.25, 0.3) is 5.91 Å². The van der Waals surface area contributed by atoms with Crippen LogP contribution < -0.4 is 11.0 Å². The Morgan fingerprint density at radius 2 is 1.87 bits per heavy atom. The van der Waals surface area contributed by atoms with Crippen LogP contribution in [0.25, 0.3) is 21.6 Å². The molecule has 148 valence electrons. The summed E-state index contributed by atoms with van der Waals surface area (Å²) in [4.78, 5) is 30.9. The summed E-state index contributed by atoms with van der Waals surface area (Å²) >= 11 is 1.54. The van der Waals surface area contributed by atoms with E-state index in [9.17, 15) is 9.59 Å². The molecule has 0 radical (unpaired) electrons. The lowest BCUT2D eigenvalue weighted by atomic mass is 10.2. The van der Waals surface area contributed by atoms with Gasteiger partial charge in [-0.2, -0.15) is 5.10 Å². The van der Waals surface area contributed by atoms with E-state index >= 15 is 0 Å². The van der Waals surface area contributed by atoms with Crippen LogP contribution in [0.2, 0.25) is 0 Å². The van der Waals surface area contributed by atoms with Crippen LogP contribution in [-0.4, -0.2) is 25.7 Å². The van der Waals surface area contributed by atoms with E-state index in [0.29, 0.717) is 34.5 Å². The molecule has 5 aromatic rings. The number of imidazole rings is 1. The molecule has 30 heavy (non-hydrogen) atoms. The van der Waals surface area contributed by atoms with Crippen LogP contribution in [0.1, 0.15) is 15.9 Å². The highest BCUT2D eigenvalue weighted by Crippen LogP contribution is 2.28. The van der Waals surface area contributed by atoms with Gasteiger partial charge in [0.05, 0.1) is 28.0 Å². The molecule has 1 amide bonds. The topological polar surface area (TPSA) is 95.6 Å². The molecule has 0 aliphatic heterocycles. The average molecular weight is 415 g/mol. The van der Waals surface area contributed by atoms with Crippen LogP contribution in [0, 0.1) is 0 Å². The van der Waals surface area contributed by atoms with Gasteiger partial charge in [0, 0.05) is 11.9 Å². The number of carbonyl (C=O) groups is 1. The van der Waals surface area contributed by atoms with E-state index in [1.165, 1.54) is 11.3 Å². The van der Waals surface area contributed by atoms with Gasteiger partial charge in [-0.05, 0) is 35.2 Å². The molecule has 0 saturated carbocycles. The molecule has 0 bridgehead atoms. The maximum absolute atomic E-state index is 13.1. The lowest BCUT2D eigenvalue weighted by Gasteiger charge is -2.05. The number of anilines is 1. The van der Waals surface area contributed by atoms with Crippen molar-refractivity contribution in [1.29, 1.82) is 0 Å². The zero-order valence-electron chi connectivity index (χ0n) is 15.8. The number of hydrogen-bond donors (Lipinski definition) is 3. The Morgan fingerprint density at radius 3 is 2.67 bits per heavy atom. The van der Waals surface area contributed by atoms with Crippen molar-refractivity contribution >= 4 is 34.0 Å². The van der Waals surface area contributed by atoms with Crippen molar-refractivity contribution in [2.45, 2.75) is 6.54 Å². The number of aromatic amines is 2. The summed E-state index contributed by atoms with van der Waals surface area (Å²) in [5.41, 5.74) is 3.88. The standard InChI is InChI=1S/C22H17N5O2S/c28-21(23-15-8-9-17-18(11-15)25-22(29)24-17)16-13-27(12-14-5-2-1-3-6-14)26-20(16)19-7-4-10-30-19/h1-11,13H,12H2,(H,23,28)(H2,24,25,29). The van der Waals surface area contributed by atoms with Gasteiger partial charge in [0.15, 0.2) is 0 Å². The lowest BCUT2D eigenvalue weighted by molar-refractivity contribution is 0.102. The third-order valence-corrected chi connectivity index (χ3v) is 5.60. The zero-order chi connectivity index (χ0) is 20.5. The summed E-state index contributed by atoms with van der Waals surface area (Å²) in [7, 11) is 0. The number of rotatable bonds is 5. The van der Waals surface area contributed by atoms with Crippen LogP contribution in [0.5, 0.6) is 0 Å². The van der Waals surface area contributed by atoms with Crippen LogP contribution in [0.4, 0.5) is 5.69 Å². The van der Waals surface area contributed by atoms with Crippen molar-refractivity contribution in [2.24, 2.45) is 0 Å². The minimum atomic E-state index is -0.282. The summed E-state index contributed by atoms with van der Waals surface area (Å²) in [5, 5.41) is 9.55. The highest BCUT2D eigenvalue weighted by molar-refractivity contribution is 7.13. The molecule has 3 heterocycles. The van der Waals surface area contributed by atoms with Gasteiger partial charge in [0.2, 0.25) is 0 Å². The summed E-state index contributed by atoms with van der Waals surface area (Å²) in [6.07, 6.45) is 1.77. The quantitative estimate of drug-likeness (QED) is 0.404. The van der Waals surface area contributed by atoms with Gasteiger partial charge in [0.1, 0.15) is 5.69 Å². The van der Waals surface area contributed by atoms with Crippen LogP contribution in [0.3, 0.4) is 0 Å². The number of H-pyrrole nitrogens is 2. The second-order valence-corrected chi connectivity index (χ2v) is 7.79. The molecule has 3 N–H and O–H groups in total. The molecule has 0 atom stereocenters. The van der Waals surface area contributed by atoms with E-state index in [1.807, 2.05) is 47.8 Å². The fourth-order valence-corrected chi connectivity index (χ4v) is 4.07. The normalized spacial score (nSPS) is 11.1. The van der Waals surface area contributed by atoms with E-state index < -0.39 is 0 Å². The van der Waals surface area contributed by atoms with E-state index in [0.717, 1.165) is 10.4 Å². The molecule has 3 aromatic heterocycles. The molecule has 0 saturated heterocycles. The first-order chi connectivity index (χ1) is 14.7. The van der Waals surface area contributed by atoms with E-state index in [-0.39, 0.29) is 11.6 Å². The van der Waals surface area contributed by atoms with Gasteiger partial charge < -0.3 is 15.3 Å². The number of nitrogens with zero attached hydrogens (tertiary/aromatic N) is 2. The Balaban J connectivity index is 1.47. The number of amides is 1. The molecule has 8 heteroatoms. The van der Waals surface area contributed by atoms with Crippen LogP contribution in [0.15, 0.2) is 77.0 Å². The molecule has 0 fully saturated rings. The number of hydrogen-bond acceptors (Lipinski definition) is 4. The van der Waals surface area contributed by atoms with Crippen LogP contribution >= 0.6 is 11.3 Å². The molecule has 0 spiro atoms. The maximum atomic E-state index is 13.1. The van der Waals surface area contributed by atoms with Crippen molar-refractivity contribution in [3.8, 4) is 10.6 Å². The Morgan fingerprint density at radius 1 is 1.03 bits per heavy atom. The van der Waals surface area contributed by atoms with Crippen molar-refractivity contribution in [1.82, 2.24) is 19.7 Å². The van der Waals surface area contributed by atoms with Crippen LogP contribution in [-0.2, 0) is 6.54 Å². The Bertz CT molecular complexity index is 1380. The Hall–Kier alpha value is -3.91. The molecule has 0 aliphatic carbocycles. The van der Waals surface area contributed by atoms with Gasteiger partial charge in [-0.3, -0.25) is 9.48 Å². The van der Waals surface area contributed by atoms with E-state index in [1.54, 1.807) is 29.1 Å². The summed E-state index contributed by atoms with van der Waals surface area (Å²) in [6, 6.07) is 19.1. The molecule has 5 rings (SSSR count). The van der Waals surface area contributed by atoms with Crippen molar-refractivity contribution in [2.75, 3.05) is 5.32 Å². The number of nitrogens with one attached hydrogen (secondary N) is 3. The second-order valence-electron chi connectivity index (χ2n) is 6.85. The van der Waals surface area contributed by atoms with Gasteiger partial charge >= 0.3 is 5.69 Å². The third-order valence-electron chi connectivity index (χ3n) is 4.72. The number of aromatic nitrogens is 4. The molecule has 2 aromatic carbocycles. The monoisotopic (exact) mass is 415 g/mol. The highest BCUT2D eigenvalue weighted by Gasteiger charge is 2.19. The first-order valence-electron chi connectivity index (χ1n) is 9.34. The number of fused-ring (bicyclic) bond motifs is 1. The molecule has 7 nitrogen and oxygen atoms in total. The number of thiophene rings is 1. The number of benzene rings is 2. The van der Waals surface area contributed by atoms with Crippen molar-refractivity contribution in [3.05, 3.63) is 93.9 Å². The third kappa shape index (κ3) is 3.56. The van der Waals surface area contributed by atoms with E-state index in [4.69, 9.17) is 0 Å². The predicted molar refractivity (Wildman–Crippen MR) is 118 cm³/mol.